The van der Waals surface area contributed by atoms with Gasteiger partial charge in [-0.3, -0.25) is 9.59 Å². The summed E-state index contributed by atoms with van der Waals surface area (Å²) >= 11 is 0. The zero-order valence-electron chi connectivity index (χ0n) is 14.4. The standard InChI is InChI=1S/C19H23N3O2/c1-20(2)16-7-4-6-14(12-16)17-8-5-10-22(17)19(24)15-9-11-21(3)18(23)13-15/h4,6-7,9,11-13,17H,5,8,10H2,1-3H3. The fourth-order valence-electron chi connectivity index (χ4n) is 3.21. The Balaban J connectivity index is 1.90. The molecule has 1 aliphatic rings. The predicted octanol–water partition coefficient (Wildman–Crippen LogP) is 2.43. The highest BCUT2D eigenvalue weighted by Gasteiger charge is 2.30. The minimum Gasteiger partial charge on any atom is -0.378 e. The molecule has 1 aromatic heterocycles. The monoisotopic (exact) mass is 325 g/mol. The average Bonchev–Trinajstić information content (AvgIpc) is 3.06. The van der Waals surface area contributed by atoms with Crippen molar-refractivity contribution in [2.75, 3.05) is 25.5 Å². The van der Waals surface area contributed by atoms with Gasteiger partial charge in [-0.25, -0.2) is 0 Å². The summed E-state index contributed by atoms with van der Waals surface area (Å²) in [5.74, 6) is -0.0644. The zero-order valence-corrected chi connectivity index (χ0v) is 14.4. The molecule has 0 saturated carbocycles. The number of aromatic nitrogens is 1. The molecule has 1 saturated heterocycles. The molecule has 1 unspecified atom stereocenters. The van der Waals surface area contributed by atoms with Gasteiger partial charge in [0.1, 0.15) is 0 Å². The van der Waals surface area contributed by atoms with E-state index in [1.807, 2.05) is 25.1 Å². The number of carbonyl (C=O) groups excluding carboxylic acids is 1. The Bertz CT molecular complexity index is 810. The third kappa shape index (κ3) is 3.07. The maximum atomic E-state index is 12.9. The number of likely N-dealkylation sites (tertiary alicyclic amines) is 1. The van der Waals surface area contributed by atoms with Crippen molar-refractivity contribution in [2.24, 2.45) is 7.05 Å². The van der Waals surface area contributed by atoms with Crippen LogP contribution in [0.4, 0.5) is 5.69 Å². The molecule has 1 amide bonds. The number of pyridine rings is 1. The van der Waals surface area contributed by atoms with Crippen LogP contribution >= 0.6 is 0 Å². The van der Waals surface area contributed by atoms with Gasteiger partial charge < -0.3 is 14.4 Å². The number of nitrogens with zero attached hydrogens (tertiary/aromatic N) is 3. The third-order valence-corrected chi connectivity index (χ3v) is 4.64. The van der Waals surface area contributed by atoms with Gasteiger partial charge in [0, 0.05) is 51.2 Å². The lowest BCUT2D eigenvalue weighted by molar-refractivity contribution is 0.0735. The van der Waals surface area contributed by atoms with Crippen molar-refractivity contribution in [3.63, 3.8) is 0 Å². The van der Waals surface area contributed by atoms with Gasteiger partial charge in [-0.1, -0.05) is 12.1 Å². The largest absolute Gasteiger partial charge is 0.378 e. The summed E-state index contributed by atoms with van der Waals surface area (Å²) < 4.78 is 1.47. The highest BCUT2D eigenvalue weighted by Crippen LogP contribution is 2.34. The van der Waals surface area contributed by atoms with Crippen molar-refractivity contribution in [1.29, 1.82) is 0 Å². The van der Waals surface area contributed by atoms with Crippen LogP contribution in [0.25, 0.3) is 0 Å². The van der Waals surface area contributed by atoms with Crippen LogP contribution in [-0.4, -0.2) is 36.0 Å². The molecular formula is C19H23N3O2. The van der Waals surface area contributed by atoms with Crippen LogP contribution in [0.2, 0.25) is 0 Å². The molecule has 24 heavy (non-hydrogen) atoms. The van der Waals surface area contributed by atoms with Gasteiger partial charge in [0.25, 0.3) is 11.5 Å². The second-order valence-electron chi connectivity index (χ2n) is 6.51. The predicted molar refractivity (Wildman–Crippen MR) is 95.5 cm³/mol. The van der Waals surface area contributed by atoms with E-state index in [1.54, 1.807) is 19.3 Å². The minimum absolute atomic E-state index is 0.0644. The number of benzene rings is 1. The summed E-state index contributed by atoms with van der Waals surface area (Å²) in [7, 11) is 5.70. The van der Waals surface area contributed by atoms with Crippen molar-refractivity contribution in [3.8, 4) is 0 Å². The van der Waals surface area contributed by atoms with Gasteiger partial charge in [-0.15, -0.1) is 0 Å². The Labute approximate surface area is 142 Å². The summed E-state index contributed by atoms with van der Waals surface area (Å²) in [6.45, 7) is 0.727. The highest BCUT2D eigenvalue weighted by molar-refractivity contribution is 5.94. The van der Waals surface area contributed by atoms with E-state index >= 15 is 0 Å². The van der Waals surface area contributed by atoms with Gasteiger partial charge in [0.05, 0.1) is 6.04 Å². The molecule has 1 fully saturated rings. The summed E-state index contributed by atoms with van der Waals surface area (Å²) in [5.41, 5.74) is 2.58. The number of hydrogen-bond acceptors (Lipinski definition) is 3. The first kappa shape index (κ1) is 16.3. The Morgan fingerprint density at radius 1 is 1.21 bits per heavy atom. The van der Waals surface area contributed by atoms with Crippen LogP contribution < -0.4 is 10.5 Å². The van der Waals surface area contributed by atoms with Crippen LogP contribution in [0.5, 0.6) is 0 Å². The first-order valence-corrected chi connectivity index (χ1v) is 8.22. The Morgan fingerprint density at radius 3 is 2.71 bits per heavy atom. The number of anilines is 1. The summed E-state index contributed by atoms with van der Waals surface area (Å²) in [5, 5.41) is 0. The number of carbonyl (C=O) groups is 1. The van der Waals surface area contributed by atoms with Crippen molar-refractivity contribution in [2.45, 2.75) is 18.9 Å². The summed E-state index contributed by atoms with van der Waals surface area (Å²) in [4.78, 5) is 28.7. The maximum Gasteiger partial charge on any atom is 0.254 e. The quantitative estimate of drug-likeness (QED) is 0.871. The van der Waals surface area contributed by atoms with Crippen molar-refractivity contribution in [1.82, 2.24) is 9.47 Å². The van der Waals surface area contributed by atoms with E-state index in [1.165, 1.54) is 10.6 Å². The van der Waals surface area contributed by atoms with Gasteiger partial charge in [-0.2, -0.15) is 0 Å². The third-order valence-electron chi connectivity index (χ3n) is 4.64. The van der Waals surface area contributed by atoms with E-state index in [4.69, 9.17) is 0 Å². The lowest BCUT2D eigenvalue weighted by atomic mass is 10.0. The molecule has 2 heterocycles. The van der Waals surface area contributed by atoms with Crippen LogP contribution in [0.3, 0.4) is 0 Å². The molecule has 1 aliphatic heterocycles. The topological polar surface area (TPSA) is 45.5 Å². The number of rotatable bonds is 3. The molecule has 126 valence electrons. The van der Waals surface area contributed by atoms with Gasteiger partial charge in [0.15, 0.2) is 0 Å². The molecular weight excluding hydrogens is 302 g/mol. The smallest absolute Gasteiger partial charge is 0.254 e. The molecule has 5 nitrogen and oxygen atoms in total. The van der Waals surface area contributed by atoms with Crippen LogP contribution in [0.15, 0.2) is 47.4 Å². The van der Waals surface area contributed by atoms with E-state index in [9.17, 15) is 9.59 Å². The molecule has 0 radical (unpaired) electrons. The van der Waals surface area contributed by atoms with Crippen LogP contribution in [0.1, 0.15) is 34.8 Å². The zero-order chi connectivity index (χ0) is 17.3. The maximum absolute atomic E-state index is 12.9. The second kappa shape index (κ2) is 6.51. The lowest BCUT2D eigenvalue weighted by Gasteiger charge is -2.26. The molecule has 2 aromatic rings. The second-order valence-corrected chi connectivity index (χ2v) is 6.51. The summed E-state index contributed by atoms with van der Waals surface area (Å²) in [6, 6.07) is 11.5. The molecule has 1 aromatic carbocycles. The van der Waals surface area contributed by atoms with E-state index in [0.717, 1.165) is 30.6 Å². The van der Waals surface area contributed by atoms with Crippen LogP contribution in [-0.2, 0) is 7.05 Å². The molecule has 0 aliphatic carbocycles. The first-order valence-electron chi connectivity index (χ1n) is 8.22. The van der Waals surface area contributed by atoms with E-state index in [-0.39, 0.29) is 17.5 Å². The van der Waals surface area contributed by atoms with E-state index in [0.29, 0.717) is 5.56 Å². The number of amides is 1. The fourth-order valence-corrected chi connectivity index (χ4v) is 3.21. The Hall–Kier alpha value is -2.56. The SMILES string of the molecule is CN(C)c1cccc(C2CCCN2C(=O)c2ccn(C)c(=O)c2)c1. The van der Waals surface area contributed by atoms with Crippen LogP contribution in [0, 0.1) is 0 Å². The molecule has 0 bridgehead atoms. The van der Waals surface area contributed by atoms with E-state index < -0.39 is 0 Å². The molecule has 0 spiro atoms. The normalized spacial score (nSPS) is 17.1. The molecule has 5 heteroatoms. The average molecular weight is 325 g/mol. The first-order chi connectivity index (χ1) is 11.5. The van der Waals surface area contributed by atoms with Gasteiger partial charge in [0.2, 0.25) is 0 Å². The van der Waals surface area contributed by atoms with Crippen molar-refractivity contribution >= 4 is 11.6 Å². The van der Waals surface area contributed by atoms with Gasteiger partial charge >= 0.3 is 0 Å². The summed E-state index contributed by atoms with van der Waals surface area (Å²) in [6.07, 6.45) is 3.58. The molecule has 1 atom stereocenters. The number of hydrogen-bond donors (Lipinski definition) is 0. The molecule has 0 N–H and O–H groups in total. The Morgan fingerprint density at radius 2 is 2.00 bits per heavy atom. The Kier molecular flexibility index (Phi) is 4.42. The molecule has 3 rings (SSSR count). The fraction of sp³-hybridized carbons (Fsp3) is 0.368. The van der Waals surface area contributed by atoms with Gasteiger partial charge in [-0.05, 0) is 36.6 Å². The van der Waals surface area contributed by atoms with E-state index in [2.05, 4.69) is 23.1 Å². The lowest BCUT2D eigenvalue weighted by Crippen LogP contribution is -2.31. The minimum atomic E-state index is -0.161. The highest BCUT2D eigenvalue weighted by atomic mass is 16.2. The van der Waals surface area contributed by atoms with Crippen molar-refractivity contribution in [3.05, 3.63) is 64.1 Å². The number of aryl methyl sites for hydroxylation is 1. The van der Waals surface area contributed by atoms with Crippen molar-refractivity contribution < 1.29 is 4.79 Å².